The van der Waals surface area contributed by atoms with Crippen molar-refractivity contribution in [2.45, 2.75) is 23.2 Å². The van der Waals surface area contributed by atoms with Crippen LogP contribution in [0.25, 0.3) is 0 Å². The first-order valence-electron chi connectivity index (χ1n) is 11.6. The summed E-state index contributed by atoms with van der Waals surface area (Å²) in [5, 5.41) is 0.783. The summed E-state index contributed by atoms with van der Waals surface area (Å²) >= 11 is 7.97. The van der Waals surface area contributed by atoms with Gasteiger partial charge in [0.25, 0.3) is 0 Å². The highest BCUT2D eigenvalue weighted by Crippen LogP contribution is 2.45. The van der Waals surface area contributed by atoms with Crippen molar-refractivity contribution in [2.75, 3.05) is 32.4 Å². The van der Waals surface area contributed by atoms with E-state index < -0.39 is 5.41 Å². The molecule has 3 nitrogen and oxygen atoms in total. The summed E-state index contributed by atoms with van der Waals surface area (Å²) in [4.78, 5) is 14.5. The van der Waals surface area contributed by atoms with Gasteiger partial charge in [0, 0.05) is 34.4 Å². The SMILES string of the molecule is C[N@@+]1(CCCSc2cccc(Cl)c2)CCC(C(C(N)=O)(c2ccccc2)c2ccccc2)C1. The van der Waals surface area contributed by atoms with Crippen LogP contribution in [0.4, 0.5) is 0 Å². The number of amides is 1. The van der Waals surface area contributed by atoms with Crippen molar-refractivity contribution in [1.82, 2.24) is 0 Å². The topological polar surface area (TPSA) is 43.1 Å². The Bertz CT molecular complexity index is 1040. The molecule has 3 aromatic rings. The average Bonchev–Trinajstić information content (AvgIpc) is 3.21. The van der Waals surface area contributed by atoms with Crippen molar-refractivity contribution < 1.29 is 9.28 Å². The molecule has 0 radical (unpaired) electrons. The van der Waals surface area contributed by atoms with Crippen LogP contribution in [-0.4, -0.2) is 42.8 Å². The van der Waals surface area contributed by atoms with E-state index >= 15 is 0 Å². The first-order valence-corrected chi connectivity index (χ1v) is 12.9. The van der Waals surface area contributed by atoms with Crippen molar-refractivity contribution in [3.8, 4) is 0 Å². The zero-order valence-corrected chi connectivity index (χ0v) is 20.7. The molecule has 1 saturated heterocycles. The fourth-order valence-electron chi connectivity index (χ4n) is 5.46. The normalized spacial score (nSPS) is 20.6. The van der Waals surface area contributed by atoms with Crippen LogP contribution in [0, 0.1) is 5.92 Å². The standard InChI is InChI=1S/C28H31ClN2OS/c1-31(17-9-19-33-26-15-8-14-25(29)20-26)18-16-24(21-31)28(27(30)32,22-10-4-2-5-11-22)23-12-6-3-7-13-23/h2-8,10-15,20,24H,9,16-19,21H2,1H3,(H-,30,32)/p+1/t24?,31-/m1/s1. The first kappa shape index (κ1) is 23.9. The second-order valence-electron chi connectivity index (χ2n) is 9.30. The van der Waals surface area contributed by atoms with Gasteiger partial charge in [0.1, 0.15) is 5.41 Å². The second-order valence-corrected chi connectivity index (χ2v) is 10.9. The third-order valence-corrected chi connectivity index (χ3v) is 8.36. The number of hydrogen-bond donors (Lipinski definition) is 1. The number of likely N-dealkylation sites (tertiary alicyclic amines) is 1. The number of hydrogen-bond acceptors (Lipinski definition) is 2. The molecule has 1 unspecified atom stereocenters. The summed E-state index contributed by atoms with van der Waals surface area (Å²) in [5.41, 5.74) is 7.43. The molecule has 0 aliphatic carbocycles. The molecule has 1 aliphatic heterocycles. The van der Waals surface area contributed by atoms with Crippen molar-refractivity contribution >= 4 is 29.3 Å². The summed E-state index contributed by atoms with van der Waals surface area (Å²) in [6, 6.07) is 28.3. The molecule has 1 heterocycles. The lowest BCUT2D eigenvalue weighted by Crippen LogP contribution is -2.51. The quantitative estimate of drug-likeness (QED) is 0.241. The maximum Gasteiger partial charge on any atom is 0.233 e. The predicted octanol–water partition coefficient (Wildman–Crippen LogP) is 5.76. The average molecular weight is 480 g/mol. The van der Waals surface area contributed by atoms with E-state index in [2.05, 4.69) is 37.4 Å². The summed E-state index contributed by atoms with van der Waals surface area (Å²) in [6.07, 6.45) is 2.09. The minimum atomic E-state index is -0.811. The van der Waals surface area contributed by atoms with Gasteiger partial charge >= 0.3 is 0 Å². The number of carbonyl (C=O) groups is 1. The summed E-state index contributed by atoms with van der Waals surface area (Å²) in [5.74, 6) is 0.956. The van der Waals surface area contributed by atoms with Gasteiger partial charge in [0.2, 0.25) is 5.91 Å². The Kier molecular flexibility index (Phi) is 7.48. The maximum atomic E-state index is 13.3. The van der Waals surface area contributed by atoms with E-state index in [4.69, 9.17) is 17.3 Å². The number of primary amides is 1. The number of nitrogens with two attached hydrogens (primary N) is 1. The molecule has 1 fully saturated rings. The third kappa shape index (κ3) is 5.13. The van der Waals surface area contributed by atoms with Gasteiger partial charge in [0.15, 0.2) is 0 Å². The van der Waals surface area contributed by atoms with Crippen LogP contribution in [0.3, 0.4) is 0 Å². The van der Waals surface area contributed by atoms with Crippen LogP contribution in [0.2, 0.25) is 5.02 Å². The van der Waals surface area contributed by atoms with Crippen LogP contribution in [-0.2, 0) is 10.2 Å². The van der Waals surface area contributed by atoms with Gasteiger partial charge in [-0.1, -0.05) is 78.3 Å². The van der Waals surface area contributed by atoms with E-state index in [0.717, 1.165) is 58.9 Å². The summed E-state index contributed by atoms with van der Waals surface area (Å²) in [6.45, 7) is 3.08. The molecular formula is C28H32ClN2OS+. The molecule has 2 atom stereocenters. The molecule has 1 aliphatic rings. The lowest BCUT2D eigenvalue weighted by Gasteiger charge is -2.38. The van der Waals surface area contributed by atoms with Crippen molar-refractivity contribution in [3.63, 3.8) is 0 Å². The number of nitrogens with zero attached hydrogens (tertiary/aromatic N) is 1. The maximum absolute atomic E-state index is 13.3. The minimum absolute atomic E-state index is 0.158. The van der Waals surface area contributed by atoms with Crippen LogP contribution < -0.4 is 5.73 Å². The number of thioether (sulfide) groups is 1. The highest BCUT2D eigenvalue weighted by atomic mass is 35.5. The lowest BCUT2D eigenvalue weighted by molar-refractivity contribution is -0.899. The molecule has 0 bridgehead atoms. The molecule has 33 heavy (non-hydrogen) atoms. The van der Waals surface area contributed by atoms with Gasteiger partial charge in [0.05, 0.1) is 26.7 Å². The molecule has 1 amide bonds. The third-order valence-electron chi connectivity index (χ3n) is 7.04. The highest BCUT2D eigenvalue weighted by Gasteiger charge is 2.53. The molecule has 2 N–H and O–H groups in total. The molecule has 5 heteroatoms. The van der Waals surface area contributed by atoms with Gasteiger partial charge in [-0.05, 0) is 29.3 Å². The van der Waals surface area contributed by atoms with Crippen LogP contribution in [0.1, 0.15) is 24.0 Å². The van der Waals surface area contributed by atoms with Gasteiger partial charge in [-0.15, -0.1) is 11.8 Å². The Balaban J connectivity index is 1.52. The Hall–Kier alpha value is -2.27. The highest BCUT2D eigenvalue weighted by molar-refractivity contribution is 7.99. The minimum Gasteiger partial charge on any atom is -0.369 e. The number of carbonyl (C=O) groups excluding carboxylic acids is 1. The second kappa shape index (κ2) is 10.3. The van der Waals surface area contributed by atoms with Crippen molar-refractivity contribution in [1.29, 1.82) is 0 Å². The van der Waals surface area contributed by atoms with E-state index in [9.17, 15) is 4.79 Å². The molecule has 0 saturated carbocycles. The Morgan fingerprint density at radius 2 is 1.67 bits per heavy atom. The molecular weight excluding hydrogens is 448 g/mol. The lowest BCUT2D eigenvalue weighted by atomic mass is 9.64. The molecule has 4 rings (SSSR count). The van der Waals surface area contributed by atoms with E-state index in [1.54, 1.807) is 0 Å². The van der Waals surface area contributed by atoms with E-state index in [0.29, 0.717) is 0 Å². The Labute approximate surface area is 206 Å². The number of benzene rings is 3. The number of halogens is 1. The van der Waals surface area contributed by atoms with Gasteiger partial charge in [-0.25, -0.2) is 0 Å². The fourth-order valence-corrected chi connectivity index (χ4v) is 6.61. The smallest absolute Gasteiger partial charge is 0.233 e. The summed E-state index contributed by atoms with van der Waals surface area (Å²) in [7, 11) is 2.33. The van der Waals surface area contributed by atoms with Crippen molar-refractivity contribution in [3.05, 3.63) is 101 Å². The van der Waals surface area contributed by atoms with E-state index in [1.165, 1.54) is 4.90 Å². The zero-order valence-electron chi connectivity index (χ0n) is 19.1. The van der Waals surface area contributed by atoms with Crippen LogP contribution >= 0.6 is 23.4 Å². The molecule has 3 aromatic carbocycles. The zero-order chi connectivity index (χ0) is 23.3. The predicted molar refractivity (Wildman–Crippen MR) is 139 cm³/mol. The van der Waals surface area contributed by atoms with E-state index in [-0.39, 0.29) is 11.8 Å². The molecule has 0 aromatic heterocycles. The van der Waals surface area contributed by atoms with Gasteiger partial charge < -0.3 is 10.2 Å². The van der Waals surface area contributed by atoms with Crippen LogP contribution in [0.5, 0.6) is 0 Å². The van der Waals surface area contributed by atoms with E-state index in [1.807, 2.05) is 66.4 Å². The van der Waals surface area contributed by atoms with Crippen LogP contribution in [0.15, 0.2) is 89.8 Å². The van der Waals surface area contributed by atoms with Crippen molar-refractivity contribution in [2.24, 2.45) is 11.7 Å². The largest absolute Gasteiger partial charge is 0.369 e. The van der Waals surface area contributed by atoms with Gasteiger partial charge in [-0.2, -0.15) is 0 Å². The monoisotopic (exact) mass is 479 g/mol. The summed E-state index contributed by atoms with van der Waals surface area (Å²) < 4.78 is 0.968. The number of rotatable bonds is 9. The first-order chi connectivity index (χ1) is 15.9. The molecule has 172 valence electrons. The fraction of sp³-hybridized carbons (Fsp3) is 0.321. The van der Waals surface area contributed by atoms with Gasteiger partial charge in [-0.3, -0.25) is 4.79 Å². The number of quaternary nitrogens is 1. The molecule has 0 spiro atoms. The Morgan fingerprint density at radius 3 is 2.24 bits per heavy atom. The Morgan fingerprint density at radius 1 is 1.03 bits per heavy atom.